The Morgan fingerprint density at radius 1 is 0.900 bits per heavy atom. The predicted octanol–water partition coefficient (Wildman–Crippen LogP) is 5.43. The molecule has 0 aliphatic carbocycles. The molecule has 2 heterocycles. The number of nitrogens with one attached hydrogen (secondary N) is 1. The molecule has 0 aromatic heterocycles. The highest BCUT2D eigenvalue weighted by Crippen LogP contribution is 2.36. The largest absolute Gasteiger partial charge is 0.353 e. The molecular weight excluding hydrogens is 399 g/mol. The van der Waals surface area contributed by atoms with E-state index in [1.165, 1.54) is 6.07 Å². The average molecular weight is 421 g/mol. The van der Waals surface area contributed by atoms with Gasteiger partial charge in [-0.05, 0) is 48.0 Å². The van der Waals surface area contributed by atoms with E-state index in [-0.39, 0.29) is 5.82 Å². The van der Waals surface area contributed by atoms with Crippen molar-refractivity contribution in [1.82, 2.24) is 9.80 Å². The smallest absolute Gasteiger partial charge is 0.138 e. The normalized spacial score (nSPS) is 16.2. The Kier molecular flexibility index (Phi) is 5.15. The molecule has 3 aromatic carbocycles. The third-order valence-electron chi connectivity index (χ3n) is 5.59. The number of aliphatic imine (C=N–C) groups is 1. The predicted molar refractivity (Wildman–Crippen MR) is 121 cm³/mol. The number of hydrogen-bond donors (Lipinski definition) is 1. The number of rotatable bonds is 2. The first-order chi connectivity index (χ1) is 14.7. The van der Waals surface area contributed by atoms with Crippen molar-refractivity contribution in [1.29, 1.82) is 0 Å². The van der Waals surface area contributed by atoms with Gasteiger partial charge < -0.3 is 10.2 Å². The van der Waals surface area contributed by atoms with Gasteiger partial charge in [-0.3, -0.25) is 4.90 Å². The zero-order valence-electron chi connectivity index (χ0n) is 16.5. The Hall–Kier alpha value is -2.89. The maximum atomic E-state index is 13.5. The molecule has 3 aromatic rings. The molecule has 2 aliphatic heterocycles. The molecule has 0 spiro atoms. The lowest BCUT2D eigenvalue weighted by molar-refractivity contribution is 0.175. The summed E-state index contributed by atoms with van der Waals surface area (Å²) in [5.74, 6) is 0.782. The summed E-state index contributed by atoms with van der Waals surface area (Å²) in [6, 6.07) is 20.9. The molecule has 4 nitrogen and oxygen atoms in total. The molecule has 6 heteroatoms. The van der Waals surface area contributed by atoms with Crippen molar-refractivity contribution in [2.24, 2.45) is 4.99 Å². The Labute approximate surface area is 180 Å². The van der Waals surface area contributed by atoms with E-state index in [9.17, 15) is 4.39 Å². The van der Waals surface area contributed by atoms with Gasteiger partial charge >= 0.3 is 0 Å². The van der Waals surface area contributed by atoms with Crippen LogP contribution in [0.4, 0.5) is 21.5 Å². The first-order valence-electron chi connectivity index (χ1n) is 10.1. The highest BCUT2D eigenvalue weighted by Gasteiger charge is 2.25. The third kappa shape index (κ3) is 3.91. The van der Waals surface area contributed by atoms with Crippen LogP contribution in [0, 0.1) is 5.82 Å². The van der Waals surface area contributed by atoms with Gasteiger partial charge in [-0.2, -0.15) is 0 Å². The van der Waals surface area contributed by atoms with Gasteiger partial charge in [-0.1, -0.05) is 35.9 Å². The van der Waals surface area contributed by atoms with Crippen LogP contribution in [0.3, 0.4) is 0 Å². The van der Waals surface area contributed by atoms with Crippen LogP contribution in [0.5, 0.6) is 0 Å². The van der Waals surface area contributed by atoms with Gasteiger partial charge in [0.2, 0.25) is 0 Å². The van der Waals surface area contributed by atoms with Crippen LogP contribution < -0.4 is 5.32 Å². The Balaban J connectivity index is 1.39. The van der Waals surface area contributed by atoms with Crippen LogP contribution in [-0.4, -0.2) is 41.8 Å². The van der Waals surface area contributed by atoms with Crippen molar-refractivity contribution >= 4 is 34.5 Å². The molecule has 0 bridgehead atoms. The Morgan fingerprint density at radius 3 is 2.57 bits per heavy atom. The van der Waals surface area contributed by atoms with Crippen LogP contribution >= 0.6 is 11.6 Å². The van der Waals surface area contributed by atoms with Gasteiger partial charge in [0.1, 0.15) is 11.7 Å². The number of anilines is 2. The van der Waals surface area contributed by atoms with Crippen LogP contribution in [0.15, 0.2) is 71.7 Å². The lowest BCUT2D eigenvalue weighted by Gasteiger charge is -2.36. The van der Waals surface area contributed by atoms with E-state index in [4.69, 9.17) is 16.6 Å². The number of piperazine rings is 1. The van der Waals surface area contributed by atoms with Gasteiger partial charge in [-0.25, -0.2) is 9.38 Å². The summed E-state index contributed by atoms with van der Waals surface area (Å²) >= 11 is 6.24. The number of halogens is 2. The van der Waals surface area contributed by atoms with Gasteiger partial charge in [0.25, 0.3) is 0 Å². The molecule has 0 unspecified atom stereocenters. The summed E-state index contributed by atoms with van der Waals surface area (Å²) in [5.41, 5.74) is 4.93. The minimum atomic E-state index is -0.180. The second-order valence-electron chi connectivity index (χ2n) is 7.66. The highest BCUT2D eigenvalue weighted by molar-refractivity contribution is 6.31. The van der Waals surface area contributed by atoms with Gasteiger partial charge in [0.05, 0.1) is 11.4 Å². The lowest BCUT2D eigenvalue weighted by atomic mass is 10.1. The van der Waals surface area contributed by atoms with E-state index in [0.29, 0.717) is 5.02 Å². The second-order valence-corrected chi connectivity index (χ2v) is 8.10. The number of hydrogen-bond acceptors (Lipinski definition) is 4. The number of nitrogens with zero attached hydrogens (tertiary/aromatic N) is 3. The zero-order valence-corrected chi connectivity index (χ0v) is 17.2. The molecular formula is C24H22ClFN4. The van der Waals surface area contributed by atoms with Crippen LogP contribution in [-0.2, 0) is 6.54 Å². The molecule has 1 N–H and O–H groups in total. The van der Waals surface area contributed by atoms with E-state index in [2.05, 4.69) is 27.2 Å². The molecule has 0 radical (unpaired) electrons. The lowest BCUT2D eigenvalue weighted by Crippen LogP contribution is -2.48. The molecule has 1 saturated heterocycles. The highest BCUT2D eigenvalue weighted by atomic mass is 35.5. The monoisotopic (exact) mass is 420 g/mol. The molecule has 0 amide bonds. The first kappa shape index (κ1) is 19.1. The fraction of sp³-hybridized carbons (Fsp3) is 0.208. The SMILES string of the molecule is Fc1cccc(CN2CCN(C3=Nc4cc(Cl)ccc4Nc4ccccc43)CC2)c1. The summed E-state index contributed by atoms with van der Waals surface area (Å²) in [5, 5.41) is 4.17. The van der Waals surface area contributed by atoms with Crippen LogP contribution in [0.2, 0.25) is 5.02 Å². The van der Waals surface area contributed by atoms with Crippen molar-refractivity contribution < 1.29 is 4.39 Å². The van der Waals surface area contributed by atoms with Crippen LogP contribution in [0.1, 0.15) is 11.1 Å². The third-order valence-corrected chi connectivity index (χ3v) is 5.83. The summed E-state index contributed by atoms with van der Waals surface area (Å²) in [6.07, 6.45) is 0. The number of para-hydroxylation sites is 1. The number of benzene rings is 3. The fourth-order valence-corrected chi connectivity index (χ4v) is 4.23. The minimum absolute atomic E-state index is 0.180. The Morgan fingerprint density at radius 2 is 1.73 bits per heavy atom. The molecule has 2 aliphatic rings. The van der Waals surface area contributed by atoms with Crippen molar-refractivity contribution in [3.8, 4) is 0 Å². The van der Waals surface area contributed by atoms with Gasteiger partial charge in [0.15, 0.2) is 0 Å². The van der Waals surface area contributed by atoms with Gasteiger partial charge in [-0.15, -0.1) is 0 Å². The summed E-state index contributed by atoms with van der Waals surface area (Å²) in [7, 11) is 0. The second kappa shape index (κ2) is 8.09. The molecule has 0 saturated carbocycles. The standard InChI is InChI=1S/C24H22ClFN4/c25-18-8-9-22-23(15-18)28-24(20-6-1-2-7-21(20)27-22)30-12-10-29(11-13-30)16-17-4-3-5-19(26)14-17/h1-9,14-15,27H,10-13,16H2. The topological polar surface area (TPSA) is 30.9 Å². The fourth-order valence-electron chi connectivity index (χ4n) is 4.06. The molecule has 30 heavy (non-hydrogen) atoms. The summed E-state index contributed by atoms with van der Waals surface area (Å²) in [6.45, 7) is 4.27. The summed E-state index contributed by atoms with van der Waals surface area (Å²) in [4.78, 5) is 9.70. The van der Waals surface area contributed by atoms with E-state index in [1.54, 1.807) is 12.1 Å². The summed E-state index contributed by atoms with van der Waals surface area (Å²) < 4.78 is 13.5. The number of fused-ring (bicyclic) bond motifs is 2. The molecule has 5 rings (SSSR count). The van der Waals surface area contributed by atoms with Crippen molar-refractivity contribution in [3.05, 3.63) is 88.7 Å². The molecule has 1 fully saturated rings. The maximum absolute atomic E-state index is 13.5. The van der Waals surface area contributed by atoms with Gasteiger partial charge in [0, 0.05) is 49.0 Å². The van der Waals surface area contributed by atoms with Crippen LogP contribution in [0.25, 0.3) is 0 Å². The van der Waals surface area contributed by atoms with E-state index in [0.717, 1.165) is 66.7 Å². The zero-order chi connectivity index (χ0) is 20.5. The quantitative estimate of drug-likeness (QED) is 0.599. The molecule has 0 atom stereocenters. The maximum Gasteiger partial charge on any atom is 0.138 e. The van der Waals surface area contributed by atoms with E-state index in [1.807, 2.05) is 36.4 Å². The number of amidine groups is 1. The first-order valence-corrected chi connectivity index (χ1v) is 10.5. The van der Waals surface area contributed by atoms with E-state index < -0.39 is 0 Å². The Bertz CT molecular complexity index is 1110. The van der Waals surface area contributed by atoms with Crippen molar-refractivity contribution in [2.75, 3.05) is 31.5 Å². The molecule has 152 valence electrons. The average Bonchev–Trinajstić information content (AvgIpc) is 2.91. The van der Waals surface area contributed by atoms with Crippen molar-refractivity contribution in [2.45, 2.75) is 6.54 Å². The minimum Gasteiger partial charge on any atom is -0.353 e. The van der Waals surface area contributed by atoms with E-state index >= 15 is 0 Å². The van der Waals surface area contributed by atoms with Crippen molar-refractivity contribution in [3.63, 3.8) is 0 Å².